The second-order valence-corrected chi connectivity index (χ2v) is 5.23. The van der Waals surface area contributed by atoms with Gasteiger partial charge >= 0.3 is 0 Å². The van der Waals surface area contributed by atoms with E-state index in [1.165, 1.54) is 18.5 Å². The number of likely N-dealkylation sites (N-methyl/N-ethyl adjacent to an activating group) is 1. The van der Waals surface area contributed by atoms with Crippen molar-refractivity contribution in [1.82, 2.24) is 10.6 Å². The highest BCUT2D eigenvalue weighted by Crippen LogP contribution is 2.14. The summed E-state index contributed by atoms with van der Waals surface area (Å²) < 4.78 is 0. The lowest BCUT2D eigenvalue weighted by Crippen LogP contribution is -2.45. The molecule has 0 bridgehead atoms. The topological polar surface area (TPSA) is 27.3 Å². The molecule has 0 saturated carbocycles. The van der Waals surface area contributed by atoms with E-state index >= 15 is 0 Å². The molecule has 3 heteroatoms. The first kappa shape index (κ1) is 13.4. The maximum atomic E-state index is 3.69. The molecule has 1 fully saturated rings. The van der Waals surface area contributed by atoms with Crippen LogP contribution in [0.15, 0.2) is 30.3 Å². The molecule has 1 aliphatic rings. The lowest BCUT2D eigenvalue weighted by molar-refractivity contribution is 0.379. The van der Waals surface area contributed by atoms with Gasteiger partial charge in [0.15, 0.2) is 0 Å². The quantitative estimate of drug-likeness (QED) is 0.831. The Kier molecular flexibility index (Phi) is 5.02. The average molecular weight is 247 g/mol. The van der Waals surface area contributed by atoms with Gasteiger partial charge in [-0.3, -0.25) is 0 Å². The van der Waals surface area contributed by atoms with Crippen LogP contribution >= 0.6 is 0 Å². The van der Waals surface area contributed by atoms with E-state index in [-0.39, 0.29) is 0 Å². The zero-order valence-electron chi connectivity index (χ0n) is 11.5. The van der Waals surface area contributed by atoms with Gasteiger partial charge in [-0.05, 0) is 45.0 Å². The molecule has 1 atom stereocenters. The van der Waals surface area contributed by atoms with E-state index in [1.807, 2.05) is 0 Å². The van der Waals surface area contributed by atoms with Crippen LogP contribution in [0.4, 0.5) is 5.69 Å². The van der Waals surface area contributed by atoms with Crippen molar-refractivity contribution >= 4 is 5.69 Å². The van der Waals surface area contributed by atoms with Gasteiger partial charge in [-0.2, -0.15) is 0 Å². The Morgan fingerprint density at radius 1 is 1.28 bits per heavy atom. The molecule has 0 radical (unpaired) electrons. The van der Waals surface area contributed by atoms with Gasteiger partial charge in [0.1, 0.15) is 0 Å². The monoisotopic (exact) mass is 247 g/mol. The molecule has 1 unspecified atom stereocenters. The molecule has 1 aromatic carbocycles. The number of nitrogens with one attached hydrogen (secondary N) is 2. The van der Waals surface area contributed by atoms with E-state index in [0.29, 0.717) is 12.1 Å². The summed E-state index contributed by atoms with van der Waals surface area (Å²) in [6, 6.07) is 11.8. The second kappa shape index (κ2) is 6.76. The number of piperidine rings is 1. The van der Waals surface area contributed by atoms with E-state index in [0.717, 1.165) is 19.6 Å². The van der Waals surface area contributed by atoms with Gasteiger partial charge in [-0.1, -0.05) is 18.2 Å². The third kappa shape index (κ3) is 3.72. The molecule has 18 heavy (non-hydrogen) atoms. The molecule has 0 spiro atoms. The molecule has 0 amide bonds. The summed E-state index contributed by atoms with van der Waals surface area (Å²) in [7, 11) is 2.17. The molecule has 1 aliphatic heterocycles. The number of benzene rings is 1. The zero-order valence-corrected chi connectivity index (χ0v) is 11.5. The van der Waals surface area contributed by atoms with Gasteiger partial charge in [0.05, 0.1) is 0 Å². The van der Waals surface area contributed by atoms with Crippen molar-refractivity contribution in [2.75, 3.05) is 31.6 Å². The smallest absolute Gasteiger partial charge is 0.0383 e. The molecule has 0 aliphatic carbocycles. The van der Waals surface area contributed by atoms with Crippen LogP contribution in [0.2, 0.25) is 0 Å². The normalized spacial score (nSPS) is 18.6. The fourth-order valence-corrected chi connectivity index (χ4v) is 2.42. The van der Waals surface area contributed by atoms with E-state index in [1.54, 1.807) is 0 Å². The summed E-state index contributed by atoms with van der Waals surface area (Å²) >= 11 is 0. The molecule has 1 aromatic rings. The Balaban J connectivity index is 1.78. The summed E-state index contributed by atoms with van der Waals surface area (Å²) in [6.07, 6.45) is 2.50. The Morgan fingerprint density at radius 3 is 2.61 bits per heavy atom. The van der Waals surface area contributed by atoms with Crippen LogP contribution in [0.5, 0.6) is 0 Å². The highest BCUT2D eigenvalue weighted by molar-refractivity contribution is 5.45. The minimum absolute atomic E-state index is 0.516. The van der Waals surface area contributed by atoms with Crippen molar-refractivity contribution in [3.63, 3.8) is 0 Å². The third-order valence-corrected chi connectivity index (χ3v) is 3.87. The van der Waals surface area contributed by atoms with Crippen molar-refractivity contribution in [1.29, 1.82) is 0 Å². The zero-order chi connectivity index (χ0) is 12.8. The fourth-order valence-electron chi connectivity index (χ4n) is 2.42. The SMILES string of the molecule is CC(CNC1CCNCC1)N(C)c1ccccc1. The van der Waals surface area contributed by atoms with Crippen LogP contribution in [0.1, 0.15) is 19.8 Å². The summed E-state index contributed by atoms with van der Waals surface area (Å²) in [6.45, 7) is 5.64. The maximum absolute atomic E-state index is 3.69. The van der Waals surface area contributed by atoms with Crippen molar-refractivity contribution in [3.05, 3.63) is 30.3 Å². The number of para-hydroxylation sites is 1. The van der Waals surface area contributed by atoms with Crippen LogP contribution in [0.25, 0.3) is 0 Å². The van der Waals surface area contributed by atoms with Crippen molar-refractivity contribution in [2.24, 2.45) is 0 Å². The Bertz CT molecular complexity index is 333. The van der Waals surface area contributed by atoms with Crippen LogP contribution in [-0.2, 0) is 0 Å². The van der Waals surface area contributed by atoms with E-state index < -0.39 is 0 Å². The van der Waals surface area contributed by atoms with Crippen molar-refractivity contribution in [2.45, 2.75) is 31.8 Å². The van der Waals surface area contributed by atoms with Crippen LogP contribution < -0.4 is 15.5 Å². The number of rotatable bonds is 5. The highest BCUT2D eigenvalue weighted by atomic mass is 15.2. The highest BCUT2D eigenvalue weighted by Gasteiger charge is 2.15. The molecule has 100 valence electrons. The molecule has 3 nitrogen and oxygen atoms in total. The Hall–Kier alpha value is -1.06. The molecule has 0 aromatic heterocycles. The predicted octanol–water partition coefficient (Wildman–Crippen LogP) is 1.85. The summed E-state index contributed by atoms with van der Waals surface area (Å²) in [5.74, 6) is 0. The first-order valence-corrected chi connectivity index (χ1v) is 6.99. The largest absolute Gasteiger partial charge is 0.371 e. The molecule has 2 rings (SSSR count). The molecule has 2 N–H and O–H groups in total. The second-order valence-electron chi connectivity index (χ2n) is 5.23. The summed E-state index contributed by atoms with van der Waals surface area (Å²) in [5.41, 5.74) is 1.29. The summed E-state index contributed by atoms with van der Waals surface area (Å²) in [5, 5.41) is 7.09. The van der Waals surface area contributed by atoms with Gasteiger partial charge in [-0.25, -0.2) is 0 Å². The van der Waals surface area contributed by atoms with Crippen molar-refractivity contribution < 1.29 is 0 Å². The Labute approximate surface area is 111 Å². The standard InChI is InChI=1S/C15H25N3/c1-13(12-17-14-8-10-16-11-9-14)18(2)15-6-4-3-5-7-15/h3-7,13-14,16-17H,8-12H2,1-2H3. The predicted molar refractivity (Wildman–Crippen MR) is 78.2 cm³/mol. The van der Waals surface area contributed by atoms with Crippen LogP contribution in [0, 0.1) is 0 Å². The average Bonchev–Trinajstić information content (AvgIpc) is 2.46. The third-order valence-electron chi connectivity index (χ3n) is 3.87. The molecule has 1 saturated heterocycles. The summed E-state index contributed by atoms with van der Waals surface area (Å²) in [4.78, 5) is 2.34. The van der Waals surface area contributed by atoms with E-state index in [2.05, 4.69) is 59.8 Å². The molecule has 1 heterocycles. The lowest BCUT2D eigenvalue weighted by Gasteiger charge is -2.30. The van der Waals surface area contributed by atoms with Crippen LogP contribution in [-0.4, -0.2) is 38.8 Å². The van der Waals surface area contributed by atoms with Gasteiger partial charge < -0.3 is 15.5 Å². The number of anilines is 1. The first-order valence-electron chi connectivity index (χ1n) is 6.99. The first-order chi connectivity index (χ1) is 8.77. The molecular weight excluding hydrogens is 222 g/mol. The number of hydrogen-bond acceptors (Lipinski definition) is 3. The minimum Gasteiger partial charge on any atom is -0.371 e. The van der Waals surface area contributed by atoms with Crippen molar-refractivity contribution in [3.8, 4) is 0 Å². The van der Waals surface area contributed by atoms with Gasteiger partial charge in [0, 0.05) is 31.4 Å². The maximum Gasteiger partial charge on any atom is 0.0383 e. The minimum atomic E-state index is 0.516. The Morgan fingerprint density at radius 2 is 1.94 bits per heavy atom. The van der Waals surface area contributed by atoms with Gasteiger partial charge in [0.2, 0.25) is 0 Å². The van der Waals surface area contributed by atoms with Gasteiger partial charge in [-0.15, -0.1) is 0 Å². The van der Waals surface area contributed by atoms with E-state index in [4.69, 9.17) is 0 Å². The van der Waals surface area contributed by atoms with Crippen LogP contribution in [0.3, 0.4) is 0 Å². The fraction of sp³-hybridized carbons (Fsp3) is 0.600. The van der Waals surface area contributed by atoms with E-state index in [9.17, 15) is 0 Å². The lowest BCUT2D eigenvalue weighted by atomic mass is 10.1. The number of nitrogens with zero attached hydrogens (tertiary/aromatic N) is 1. The van der Waals surface area contributed by atoms with Gasteiger partial charge in [0.25, 0.3) is 0 Å². The molecular formula is C15H25N3. The number of hydrogen-bond donors (Lipinski definition) is 2.